The first-order valence-corrected chi connectivity index (χ1v) is 6.73. The number of aromatic nitrogens is 2. The second kappa shape index (κ2) is 6.95. The Labute approximate surface area is 121 Å². The number of carbonyl (C=O) groups excluding carboxylic acids is 1. The molecular weight excluding hydrogens is 278 g/mol. The molecule has 1 aromatic carbocycles. The summed E-state index contributed by atoms with van der Waals surface area (Å²) in [7, 11) is 0. The Balaban J connectivity index is 1.97. The first kappa shape index (κ1) is 14.4. The zero-order valence-corrected chi connectivity index (χ0v) is 11.9. The van der Waals surface area contributed by atoms with Crippen molar-refractivity contribution in [2.45, 2.75) is 13.5 Å². The molecule has 0 saturated heterocycles. The second-order valence-electron chi connectivity index (χ2n) is 4.03. The molecule has 0 aliphatic rings. The molecule has 0 fully saturated rings. The van der Waals surface area contributed by atoms with Crippen molar-refractivity contribution in [2.75, 3.05) is 12.3 Å². The van der Waals surface area contributed by atoms with Crippen molar-refractivity contribution < 1.29 is 14.1 Å². The quantitative estimate of drug-likeness (QED) is 0.791. The maximum atomic E-state index is 11.8. The Morgan fingerprint density at radius 3 is 3.05 bits per heavy atom. The number of ether oxygens (including phenoxy) is 1. The fourth-order valence-corrected chi connectivity index (χ4v) is 1.66. The van der Waals surface area contributed by atoms with Gasteiger partial charge in [-0.1, -0.05) is 11.2 Å². The van der Waals surface area contributed by atoms with Gasteiger partial charge in [0.05, 0.1) is 0 Å². The molecule has 7 heteroatoms. The fraction of sp³-hybridized carbons (Fsp3) is 0.308. The number of hydrogen-bond donors (Lipinski definition) is 2. The van der Waals surface area contributed by atoms with E-state index in [4.69, 9.17) is 9.26 Å². The summed E-state index contributed by atoms with van der Waals surface area (Å²) < 4.78 is 10.4. The van der Waals surface area contributed by atoms with Crippen LogP contribution in [-0.2, 0) is 6.61 Å². The van der Waals surface area contributed by atoms with Crippen LogP contribution in [0.15, 0.2) is 28.8 Å². The minimum atomic E-state index is -0.153. The molecule has 1 aromatic heterocycles. The number of amides is 1. The van der Waals surface area contributed by atoms with Gasteiger partial charge in [0.2, 0.25) is 11.7 Å². The summed E-state index contributed by atoms with van der Waals surface area (Å²) in [4.78, 5) is 15.8. The maximum Gasteiger partial charge on any atom is 0.251 e. The summed E-state index contributed by atoms with van der Waals surface area (Å²) in [5.74, 6) is 1.97. The second-order valence-corrected chi connectivity index (χ2v) is 4.47. The van der Waals surface area contributed by atoms with Crippen molar-refractivity contribution in [1.29, 1.82) is 0 Å². The first-order valence-electron chi connectivity index (χ1n) is 6.10. The number of benzene rings is 1. The van der Waals surface area contributed by atoms with E-state index in [0.717, 1.165) is 0 Å². The Morgan fingerprint density at radius 1 is 1.50 bits per heavy atom. The smallest absolute Gasteiger partial charge is 0.251 e. The van der Waals surface area contributed by atoms with Crippen LogP contribution in [0.5, 0.6) is 5.75 Å². The number of aryl methyl sites for hydroxylation is 1. The Hall–Kier alpha value is -2.02. The van der Waals surface area contributed by atoms with E-state index in [1.165, 1.54) is 0 Å². The average Bonchev–Trinajstić information content (AvgIpc) is 2.88. The van der Waals surface area contributed by atoms with Gasteiger partial charge in [-0.15, -0.1) is 0 Å². The van der Waals surface area contributed by atoms with Crippen molar-refractivity contribution in [1.82, 2.24) is 15.5 Å². The Bertz CT molecular complexity index is 586. The summed E-state index contributed by atoms with van der Waals surface area (Å²) in [6, 6.07) is 6.91. The van der Waals surface area contributed by atoms with E-state index in [1.807, 2.05) is 0 Å². The zero-order chi connectivity index (χ0) is 14.4. The molecule has 1 N–H and O–H groups in total. The Morgan fingerprint density at radius 2 is 2.35 bits per heavy atom. The number of carbonyl (C=O) groups is 1. The molecular formula is C13H15N3O3S. The van der Waals surface area contributed by atoms with Crippen LogP contribution in [0.1, 0.15) is 22.1 Å². The van der Waals surface area contributed by atoms with Gasteiger partial charge in [-0.3, -0.25) is 4.79 Å². The topological polar surface area (TPSA) is 77.2 Å². The molecule has 106 valence electrons. The third-order valence-electron chi connectivity index (χ3n) is 2.43. The summed E-state index contributed by atoms with van der Waals surface area (Å²) in [6.45, 7) is 2.43. The fourth-order valence-electron chi connectivity index (χ4n) is 1.55. The highest BCUT2D eigenvalue weighted by Gasteiger charge is 2.07. The summed E-state index contributed by atoms with van der Waals surface area (Å²) in [5, 5.41) is 6.47. The van der Waals surface area contributed by atoms with Crippen LogP contribution in [-0.4, -0.2) is 28.3 Å². The molecule has 0 spiro atoms. The highest BCUT2D eigenvalue weighted by molar-refractivity contribution is 7.80. The highest BCUT2D eigenvalue weighted by atomic mass is 32.1. The molecule has 1 amide bonds. The van der Waals surface area contributed by atoms with Crippen molar-refractivity contribution >= 4 is 18.5 Å². The van der Waals surface area contributed by atoms with E-state index >= 15 is 0 Å². The SMILES string of the molecule is Cc1nc(COc2cccc(C(=O)NCCS)c2)no1. The predicted molar refractivity (Wildman–Crippen MR) is 76.0 cm³/mol. The van der Waals surface area contributed by atoms with Crippen LogP contribution in [0.3, 0.4) is 0 Å². The third-order valence-corrected chi connectivity index (χ3v) is 2.65. The largest absolute Gasteiger partial charge is 0.485 e. The molecule has 0 atom stereocenters. The lowest BCUT2D eigenvalue weighted by molar-refractivity contribution is 0.0955. The molecule has 20 heavy (non-hydrogen) atoms. The van der Waals surface area contributed by atoms with Gasteiger partial charge in [0, 0.05) is 24.8 Å². The van der Waals surface area contributed by atoms with E-state index in [0.29, 0.717) is 35.3 Å². The minimum absolute atomic E-state index is 0.153. The van der Waals surface area contributed by atoms with E-state index < -0.39 is 0 Å². The number of thiol groups is 1. The summed E-state index contributed by atoms with van der Waals surface area (Å²) >= 11 is 4.04. The summed E-state index contributed by atoms with van der Waals surface area (Å²) in [5.41, 5.74) is 0.536. The first-order chi connectivity index (χ1) is 9.69. The molecule has 6 nitrogen and oxygen atoms in total. The lowest BCUT2D eigenvalue weighted by atomic mass is 10.2. The number of rotatable bonds is 6. The van der Waals surface area contributed by atoms with Gasteiger partial charge in [-0.25, -0.2) is 0 Å². The lowest BCUT2D eigenvalue weighted by Crippen LogP contribution is -2.25. The normalized spacial score (nSPS) is 10.3. The van der Waals surface area contributed by atoms with Crippen LogP contribution < -0.4 is 10.1 Å². The van der Waals surface area contributed by atoms with Crippen LogP contribution in [0.25, 0.3) is 0 Å². The van der Waals surface area contributed by atoms with Crippen LogP contribution in [0.2, 0.25) is 0 Å². The average molecular weight is 293 g/mol. The van der Waals surface area contributed by atoms with Gasteiger partial charge in [-0.05, 0) is 18.2 Å². The molecule has 2 aromatic rings. The van der Waals surface area contributed by atoms with Crippen molar-refractivity contribution in [3.8, 4) is 5.75 Å². The number of nitrogens with zero attached hydrogens (tertiary/aromatic N) is 2. The Kier molecular flexibility index (Phi) is 5.00. The van der Waals surface area contributed by atoms with Crippen molar-refractivity contribution in [3.05, 3.63) is 41.5 Å². The maximum absolute atomic E-state index is 11.8. The van der Waals surface area contributed by atoms with Crippen molar-refractivity contribution in [3.63, 3.8) is 0 Å². The van der Waals surface area contributed by atoms with Crippen LogP contribution in [0.4, 0.5) is 0 Å². The van der Waals surface area contributed by atoms with Gasteiger partial charge in [0.25, 0.3) is 5.91 Å². The molecule has 0 saturated carbocycles. The number of hydrogen-bond acceptors (Lipinski definition) is 6. The van der Waals surface area contributed by atoms with E-state index in [2.05, 4.69) is 28.1 Å². The molecule has 0 unspecified atom stereocenters. The standard InChI is InChI=1S/C13H15N3O3S/c1-9-15-12(16-19-9)8-18-11-4-2-3-10(7-11)13(17)14-5-6-20/h2-4,7,20H,5-6,8H2,1H3,(H,14,17). The molecule has 0 radical (unpaired) electrons. The lowest BCUT2D eigenvalue weighted by Gasteiger charge is -2.06. The predicted octanol–water partition coefficient (Wildman–Crippen LogP) is 1.62. The van der Waals surface area contributed by atoms with E-state index in [-0.39, 0.29) is 12.5 Å². The van der Waals surface area contributed by atoms with Gasteiger partial charge < -0.3 is 14.6 Å². The number of nitrogens with one attached hydrogen (secondary N) is 1. The molecule has 0 aliphatic heterocycles. The monoisotopic (exact) mass is 293 g/mol. The molecule has 2 rings (SSSR count). The molecule has 0 aliphatic carbocycles. The zero-order valence-electron chi connectivity index (χ0n) is 11.0. The van der Waals surface area contributed by atoms with E-state index in [9.17, 15) is 4.79 Å². The van der Waals surface area contributed by atoms with Gasteiger partial charge in [0.15, 0.2) is 6.61 Å². The van der Waals surface area contributed by atoms with Gasteiger partial charge in [-0.2, -0.15) is 17.6 Å². The van der Waals surface area contributed by atoms with Crippen molar-refractivity contribution in [2.24, 2.45) is 0 Å². The minimum Gasteiger partial charge on any atom is -0.485 e. The van der Waals surface area contributed by atoms with Crippen LogP contribution in [0, 0.1) is 6.92 Å². The van der Waals surface area contributed by atoms with Crippen LogP contribution >= 0.6 is 12.6 Å². The molecule has 1 heterocycles. The molecule has 0 bridgehead atoms. The summed E-state index contributed by atoms with van der Waals surface area (Å²) in [6.07, 6.45) is 0. The van der Waals surface area contributed by atoms with Gasteiger partial charge in [0.1, 0.15) is 5.75 Å². The third kappa shape index (κ3) is 3.99. The van der Waals surface area contributed by atoms with E-state index in [1.54, 1.807) is 31.2 Å². The highest BCUT2D eigenvalue weighted by Crippen LogP contribution is 2.14. The van der Waals surface area contributed by atoms with Gasteiger partial charge >= 0.3 is 0 Å².